The summed E-state index contributed by atoms with van der Waals surface area (Å²) in [6.45, 7) is 1.72. The van der Waals surface area contributed by atoms with Crippen LogP contribution in [0.15, 0.2) is 18.6 Å². The highest BCUT2D eigenvalue weighted by Gasteiger charge is 2.15. The van der Waals surface area contributed by atoms with Gasteiger partial charge in [-0.15, -0.1) is 0 Å². The highest BCUT2D eigenvalue weighted by molar-refractivity contribution is 5.94. The molecule has 0 bridgehead atoms. The number of carbonyl (C=O) groups is 1. The quantitative estimate of drug-likeness (QED) is 0.730. The second-order valence-electron chi connectivity index (χ2n) is 3.82. The molecule has 0 saturated carbocycles. The Labute approximate surface area is 94.2 Å². The second kappa shape index (κ2) is 5.67. The van der Waals surface area contributed by atoms with Crippen LogP contribution in [-0.4, -0.2) is 41.6 Å². The summed E-state index contributed by atoms with van der Waals surface area (Å²) in [5.41, 5.74) is 0.363. The molecular formula is C11H15N3O2. The van der Waals surface area contributed by atoms with Gasteiger partial charge in [0.25, 0.3) is 0 Å². The zero-order valence-electron chi connectivity index (χ0n) is 9.06. The SMILES string of the molecule is O=C(COC[C@H]1CCCN1)c1cnccn1. The average Bonchev–Trinajstić information content (AvgIpc) is 2.83. The molecule has 0 spiro atoms. The molecule has 0 aliphatic carbocycles. The van der Waals surface area contributed by atoms with E-state index in [0.29, 0.717) is 18.3 Å². The van der Waals surface area contributed by atoms with Gasteiger partial charge in [-0.3, -0.25) is 9.78 Å². The number of hydrogen-bond acceptors (Lipinski definition) is 5. The lowest BCUT2D eigenvalue weighted by Crippen LogP contribution is -2.28. The van der Waals surface area contributed by atoms with Gasteiger partial charge in [0.2, 0.25) is 5.78 Å². The summed E-state index contributed by atoms with van der Waals surface area (Å²) in [6.07, 6.45) is 6.82. The summed E-state index contributed by atoms with van der Waals surface area (Å²) in [4.78, 5) is 19.3. The second-order valence-corrected chi connectivity index (χ2v) is 3.82. The molecule has 0 amide bonds. The van der Waals surface area contributed by atoms with E-state index in [4.69, 9.17) is 4.74 Å². The van der Waals surface area contributed by atoms with Crippen molar-refractivity contribution >= 4 is 5.78 Å². The molecule has 5 heteroatoms. The standard InChI is InChI=1S/C11H15N3O2/c15-11(10-6-12-4-5-14-10)8-16-7-9-2-1-3-13-9/h4-6,9,13H,1-3,7-8H2/t9-/m1/s1. The van der Waals surface area contributed by atoms with E-state index in [0.717, 1.165) is 13.0 Å². The molecule has 1 aliphatic rings. The molecule has 0 aromatic carbocycles. The monoisotopic (exact) mass is 221 g/mol. The van der Waals surface area contributed by atoms with E-state index >= 15 is 0 Å². The first-order valence-corrected chi connectivity index (χ1v) is 5.46. The van der Waals surface area contributed by atoms with Gasteiger partial charge < -0.3 is 10.1 Å². The van der Waals surface area contributed by atoms with Crippen LogP contribution in [0.5, 0.6) is 0 Å². The first kappa shape index (κ1) is 11.2. The number of aromatic nitrogens is 2. The maximum atomic E-state index is 11.6. The van der Waals surface area contributed by atoms with Gasteiger partial charge in [-0.1, -0.05) is 0 Å². The summed E-state index contributed by atoms with van der Waals surface area (Å²) in [5, 5.41) is 3.31. The Morgan fingerprint density at radius 1 is 1.56 bits per heavy atom. The highest BCUT2D eigenvalue weighted by Crippen LogP contribution is 2.05. The Balaban J connectivity index is 1.71. The van der Waals surface area contributed by atoms with Gasteiger partial charge in [0.15, 0.2) is 0 Å². The van der Waals surface area contributed by atoms with Crippen LogP contribution in [0.1, 0.15) is 23.3 Å². The molecule has 1 atom stereocenters. The van der Waals surface area contributed by atoms with Crippen LogP contribution in [0.2, 0.25) is 0 Å². The van der Waals surface area contributed by atoms with Crippen molar-refractivity contribution in [1.29, 1.82) is 0 Å². The van der Waals surface area contributed by atoms with Crippen LogP contribution in [0, 0.1) is 0 Å². The van der Waals surface area contributed by atoms with Gasteiger partial charge in [-0.2, -0.15) is 0 Å². The van der Waals surface area contributed by atoms with Gasteiger partial charge in [0, 0.05) is 18.4 Å². The van der Waals surface area contributed by atoms with E-state index in [1.54, 1.807) is 6.20 Å². The lowest BCUT2D eigenvalue weighted by atomic mass is 10.2. The number of nitrogens with one attached hydrogen (secondary N) is 1. The third-order valence-electron chi connectivity index (χ3n) is 2.56. The Morgan fingerprint density at radius 3 is 3.19 bits per heavy atom. The predicted octanol–water partition coefficient (Wildman–Crippen LogP) is 0.428. The van der Waals surface area contributed by atoms with Crippen LogP contribution >= 0.6 is 0 Å². The number of carbonyl (C=O) groups excluding carboxylic acids is 1. The van der Waals surface area contributed by atoms with Crippen molar-refractivity contribution < 1.29 is 9.53 Å². The average molecular weight is 221 g/mol. The molecule has 1 saturated heterocycles. The van der Waals surface area contributed by atoms with Crippen molar-refractivity contribution in [3.05, 3.63) is 24.3 Å². The highest BCUT2D eigenvalue weighted by atomic mass is 16.5. The first-order chi connectivity index (χ1) is 7.86. The van der Waals surface area contributed by atoms with E-state index < -0.39 is 0 Å². The van der Waals surface area contributed by atoms with Crippen molar-refractivity contribution in [3.63, 3.8) is 0 Å². The molecule has 86 valence electrons. The molecule has 5 nitrogen and oxygen atoms in total. The first-order valence-electron chi connectivity index (χ1n) is 5.46. The fourth-order valence-corrected chi connectivity index (χ4v) is 1.71. The minimum atomic E-state index is -0.119. The summed E-state index contributed by atoms with van der Waals surface area (Å²) in [7, 11) is 0. The van der Waals surface area contributed by atoms with Crippen molar-refractivity contribution in [2.24, 2.45) is 0 Å². The van der Waals surface area contributed by atoms with Crippen molar-refractivity contribution in [1.82, 2.24) is 15.3 Å². The molecule has 1 aliphatic heterocycles. The number of nitrogens with zero attached hydrogens (tertiary/aromatic N) is 2. The number of hydrogen-bond donors (Lipinski definition) is 1. The van der Waals surface area contributed by atoms with Gasteiger partial charge in [-0.05, 0) is 19.4 Å². The Bertz CT molecular complexity index is 336. The van der Waals surface area contributed by atoms with Crippen LogP contribution in [-0.2, 0) is 4.74 Å². The molecule has 16 heavy (non-hydrogen) atoms. The fraction of sp³-hybridized carbons (Fsp3) is 0.545. The molecule has 1 aromatic heterocycles. The molecular weight excluding hydrogens is 206 g/mol. The van der Waals surface area contributed by atoms with E-state index in [2.05, 4.69) is 15.3 Å². The maximum absolute atomic E-state index is 11.6. The third-order valence-corrected chi connectivity index (χ3v) is 2.56. The number of ketones is 1. The van der Waals surface area contributed by atoms with Crippen LogP contribution < -0.4 is 5.32 Å². The zero-order valence-corrected chi connectivity index (χ0v) is 9.06. The largest absolute Gasteiger partial charge is 0.372 e. The van der Waals surface area contributed by atoms with Gasteiger partial charge in [0.05, 0.1) is 12.8 Å². The van der Waals surface area contributed by atoms with Crippen molar-refractivity contribution in [3.8, 4) is 0 Å². The van der Waals surface area contributed by atoms with E-state index in [9.17, 15) is 4.79 Å². The summed E-state index contributed by atoms with van der Waals surface area (Å²) in [6, 6.07) is 0.398. The number of ether oxygens (including phenoxy) is 1. The van der Waals surface area contributed by atoms with Gasteiger partial charge in [0.1, 0.15) is 12.3 Å². The summed E-state index contributed by atoms with van der Waals surface area (Å²) < 4.78 is 5.35. The van der Waals surface area contributed by atoms with Gasteiger partial charge >= 0.3 is 0 Å². The smallest absolute Gasteiger partial charge is 0.208 e. The van der Waals surface area contributed by atoms with Crippen molar-refractivity contribution in [2.75, 3.05) is 19.8 Å². The van der Waals surface area contributed by atoms with Gasteiger partial charge in [-0.25, -0.2) is 4.98 Å². The summed E-state index contributed by atoms with van der Waals surface area (Å²) >= 11 is 0. The minimum absolute atomic E-state index is 0.0802. The van der Waals surface area contributed by atoms with E-state index in [-0.39, 0.29) is 12.4 Å². The molecule has 0 unspecified atom stereocenters. The Morgan fingerprint density at radius 2 is 2.50 bits per heavy atom. The molecule has 2 rings (SSSR count). The molecule has 1 fully saturated rings. The maximum Gasteiger partial charge on any atom is 0.208 e. The predicted molar refractivity (Wildman–Crippen MR) is 58.2 cm³/mol. The van der Waals surface area contributed by atoms with Crippen LogP contribution in [0.3, 0.4) is 0 Å². The molecule has 0 radical (unpaired) electrons. The van der Waals surface area contributed by atoms with Crippen LogP contribution in [0.25, 0.3) is 0 Å². The zero-order chi connectivity index (χ0) is 11.2. The topological polar surface area (TPSA) is 64.1 Å². The minimum Gasteiger partial charge on any atom is -0.372 e. The Kier molecular flexibility index (Phi) is 3.96. The molecule has 1 N–H and O–H groups in total. The normalized spacial score (nSPS) is 19.9. The fourth-order valence-electron chi connectivity index (χ4n) is 1.71. The Hall–Kier alpha value is -1.33. The van der Waals surface area contributed by atoms with Crippen LogP contribution in [0.4, 0.5) is 0 Å². The summed E-state index contributed by atoms with van der Waals surface area (Å²) in [5.74, 6) is -0.119. The lowest BCUT2D eigenvalue weighted by Gasteiger charge is -2.09. The molecule has 1 aromatic rings. The molecule has 2 heterocycles. The lowest BCUT2D eigenvalue weighted by molar-refractivity contribution is 0.0718. The van der Waals surface area contributed by atoms with E-state index in [1.165, 1.54) is 18.8 Å². The number of rotatable bonds is 5. The number of Topliss-reactive ketones (excluding diaryl/α,β-unsaturated/α-hetero) is 1. The van der Waals surface area contributed by atoms with E-state index in [1.807, 2.05) is 0 Å². The van der Waals surface area contributed by atoms with Crippen molar-refractivity contribution in [2.45, 2.75) is 18.9 Å². The third kappa shape index (κ3) is 3.08.